The SMILES string of the molecule is CS/C([S-])=N/N=C/c1ccc(C)o1.CS/C([S-])=N/N=C/c1ccc(C)o1.[Co+2]. The molecular weight excluding hydrogens is 467 g/mol. The zero-order valence-corrected chi connectivity index (χ0v) is 19.3. The molecule has 0 atom stereocenters. The Morgan fingerprint density at radius 3 is 1.44 bits per heavy atom. The molecule has 11 heteroatoms. The summed E-state index contributed by atoms with van der Waals surface area (Å²) in [7, 11) is 0. The van der Waals surface area contributed by atoms with Crippen LogP contribution in [0.15, 0.2) is 53.5 Å². The van der Waals surface area contributed by atoms with Gasteiger partial charge in [-0.3, -0.25) is 0 Å². The average Bonchev–Trinajstić information content (AvgIpc) is 3.23. The number of nitrogens with zero attached hydrogens (tertiary/aromatic N) is 4. The molecule has 2 aromatic heterocycles. The van der Waals surface area contributed by atoms with Crippen molar-refractivity contribution in [1.82, 2.24) is 0 Å². The summed E-state index contributed by atoms with van der Waals surface area (Å²) in [6, 6.07) is 7.40. The molecule has 0 amide bonds. The molecule has 2 aromatic rings. The molecule has 0 N–H and O–H groups in total. The van der Waals surface area contributed by atoms with Gasteiger partial charge in [0.05, 0.1) is 12.4 Å². The van der Waals surface area contributed by atoms with E-state index in [4.69, 9.17) is 34.1 Å². The van der Waals surface area contributed by atoms with Crippen molar-refractivity contribution in [2.24, 2.45) is 20.4 Å². The summed E-state index contributed by atoms with van der Waals surface area (Å²) in [5.74, 6) is 3.08. The second kappa shape index (κ2) is 14.9. The molecule has 0 bridgehead atoms. The summed E-state index contributed by atoms with van der Waals surface area (Å²) >= 11 is 12.4. The fourth-order valence-corrected chi connectivity index (χ4v) is 1.74. The molecule has 0 unspecified atom stereocenters. The normalized spacial score (nSPS) is 12.1. The zero-order chi connectivity index (χ0) is 19.4. The fourth-order valence-electron chi connectivity index (χ4n) is 1.39. The van der Waals surface area contributed by atoms with Crippen molar-refractivity contribution in [1.29, 1.82) is 0 Å². The van der Waals surface area contributed by atoms with Gasteiger partial charge < -0.3 is 34.1 Å². The van der Waals surface area contributed by atoms with Gasteiger partial charge in [0.25, 0.3) is 0 Å². The van der Waals surface area contributed by atoms with E-state index >= 15 is 0 Å². The number of thioether (sulfide) groups is 2. The zero-order valence-electron chi connectivity index (χ0n) is 15.0. The minimum atomic E-state index is 0. The topological polar surface area (TPSA) is 75.7 Å². The van der Waals surface area contributed by atoms with Crippen LogP contribution in [0.2, 0.25) is 0 Å². The van der Waals surface area contributed by atoms with E-state index in [2.05, 4.69) is 20.4 Å². The Kier molecular flexibility index (Phi) is 14.3. The molecule has 0 aromatic carbocycles. The first-order valence-corrected chi connectivity index (χ1v) is 10.5. The van der Waals surface area contributed by atoms with E-state index in [1.165, 1.54) is 36.0 Å². The molecule has 2 rings (SSSR count). The van der Waals surface area contributed by atoms with Crippen LogP contribution in [-0.4, -0.2) is 33.7 Å². The monoisotopic (exact) mass is 485 g/mol. The van der Waals surface area contributed by atoms with Gasteiger partial charge in [0.15, 0.2) is 0 Å². The molecule has 147 valence electrons. The molecule has 0 fully saturated rings. The van der Waals surface area contributed by atoms with Gasteiger partial charge in [0.1, 0.15) is 23.0 Å². The van der Waals surface area contributed by atoms with Crippen LogP contribution in [0.5, 0.6) is 0 Å². The van der Waals surface area contributed by atoms with Gasteiger partial charge >= 0.3 is 16.8 Å². The minimum absolute atomic E-state index is 0. The summed E-state index contributed by atoms with van der Waals surface area (Å²) in [6.45, 7) is 3.75. The van der Waals surface area contributed by atoms with Crippen molar-refractivity contribution in [3.05, 3.63) is 47.3 Å². The summed E-state index contributed by atoms with van der Waals surface area (Å²) in [5, 5.41) is 15.0. The fraction of sp³-hybridized carbons (Fsp3) is 0.250. The second-order valence-corrected chi connectivity index (χ2v) is 7.41. The molecule has 0 saturated carbocycles. The third-order valence-electron chi connectivity index (χ3n) is 2.52. The van der Waals surface area contributed by atoms with Crippen molar-refractivity contribution in [2.75, 3.05) is 12.5 Å². The van der Waals surface area contributed by atoms with Gasteiger partial charge in [-0.25, -0.2) is 0 Å². The van der Waals surface area contributed by atoms with Gasteiger partial charge in [-0.2, -0.15) is 20.4 Å². The Bertz CT molecular complexity index is 734. The Hall–Kier alpha value is -1.11. The van der Waals surface area contributed by atoms with Gasteiger partial charge in [-0.05, 0) is 59.4 Å². The maximum Gasteiger partial charge on any atom is 2.00 e. The van der Waals surface area contributed by atoms with Gasteiger partial charge in [0, 0.05) is 0 Å². The van der Waals surface area contributed by atoms with Crippen molar-refractivity contribution < 1.29 is 25.6 Å². The van der Waals surface area contributed by atoms with E-state index in [1.807, 2.05) is 50.6 Å². The molecule has 2 heterocycles. The van der Waals surface area contributed by atoms with Crippen LogP contribution >= 0.6 is 23.5 Å². The maximum absolute atomic E-state index is 5.24. The smallest absolute Gasteiger partial charge is 0.752 e. The third kappa shape index (κ3) is 12.1. The molecular formula is C16H18CoN4O2S4. The van der Waals surface area contributed by atoms with Crippen LogP contribution in [-0.2, 0) is 42.0 Å². The molecule has 0 saturated heterocycles. The average molecular weight is 486 g/mol. The van der Waals surface area contributed by atoms with E-state index in [0.717, 1.165) is 11.5 Å². The van der Waals surface area contributed by atoms with Crippen molar-refractivity contribution in [2.45, 2.75) is 13.8 Å². The minimum Gasteiger partial charge on any atom is -0.752 e. The van der Waals surface area contributed by atoms with E-state index < -0.39 is 0 Å². The Balaban J connectivity index is 0.000000483. The predicted molar refractivity (Wildman–Crippen MR) is 119 cm³/mol. The maximum atomic E-state index is 5.24. The van der Waals surface area contributed by atoms with Crippen molar-refractivity contribution in [3.8, 4) is 0 Å². The quantitative estimate of drug-likeness (QED) is 0.277. The first kappa shape index (κ1) is 25.9. The van der Waals surface area contributed by atoms with Gasteiger partial charge in [0.2, 0.25) is 0 Å². The van der Waals surface area contributed by atoms with Crippen LogP contribution in [0.3, 0.4) is 0 Å². The molecule has 0 spiro atoms. The molecule has 0 aliphatic heterocycles. The molecule has 6 nitrogen and oxygen atoms in total. The molecule has 1 radical (unpaired) electrons. The number of aryl methyl sites for hydroxylation is 2. The van der Waals surface area contributed by atoms with Crippen LogP contribution < -0.4 is 0 Å². The van der Waals surface area contributed by atoms with Crippen molar-refractivity contribution in [3.63, 3.8) is 0 Å². The molecule has 27 heavy (non-hydrogen) atoms. The first-order chi connectivity index (χ1) is 12.4. The van der Waals surface area contributed by atoms with E-state index in [0.29, 0.717) is 20.3 Å². The van der Waals surface area contributed by atoms with Crippen LogP contribution in [0.4, 0.5) is 0 Å². The number of rotatable bonds is 4. The summed E-state index contributed by atoms with van der Waals surface area (Å²) < 4.78 is 11.5. The largest absolute Gasteiger partial charge is 2.00 e. The van der Waals surface area contributed by atoms with Crippen LogP contribution in [0.25, 0.3) is 0 Å². The summed E-state index contributed by atoms with van der Waals surface area (Å²) in [4.78, 5) is 0. The number of furan rings is 2. The van der Waals surface area contributed by atoms with E-state index in [-0.39, 0.29) is 16.8 Å². The van der Waals surface area contributed by atoms with E-state index in [9.17, 15) is 0 Å². The summed E-state index contributed by atoms with van der Waals surface area (Å²) in [6.07, 6.45) is 6.79. The predicted octanol–water partition coefficient (Wildman–Crippen LogP) is 4.37. The molecule has 0 aliphatic rings. The number of hydrogen-bond donors (Lipinski definition) is 0. The van der Waals surface area contributed by atoms with Crippen molar-refractivity contribution >= 4 is 70.0 Å². The van der Waals surface area contributed by atoms with Crippen LogP contribution in [0.1, 0.15) is 23.0 Å². The Morgan fingerprint density at radius 1 is 0.815 bits per heavy atom. The van der Waals surface area contributed by atoms with Gasteiger partial charge in [-0.1, -0.05) is 0 Å². The van der Waals surface area contributed by atoms with Gasteiger partial charge in [-0.15, -0.1) is 23.5 Å². The second-order valence-electron chi connectivity index (χ2n) is 4.53. The standard InChI is InChI=1S/2C8H10N2OS2.Co/c2*1-6-3-4-7(11-6)5-9-10-8(12)13-2;/h2*3-5H,1-2H3,(H,10,12);/q;;+2/p-2/b2*9-5+;. The Morgan fingerprint density at radius 2 is 1.19 bits per heavy atom. The third-order valence-corrected chi connectivity index (χ3v) is 4.55. The first-order valence-electron chi connectivity index (χ1n) is 7.21. The Labute approximate surface area is 188 Å². The van der Waals surface area contributed by atoms with E-state index in [1.54, 1.807) is 0 Å². The molecule has 0 aliphatic carbocycles. The summed E-state index contributed by atoms with van der Waals surface area (Å²) in [5.41, 5.74) is 0. The number of hydrogen-bond acceptors (Lipinski definition) is 10. The van der Waals surface area contributed by atoms with Crippen LogP contribution in [0, 0.1) is 13.8 Å².